The molecule has 342 valence electrons. The van der Waals surface area contributed by atoms with E-state index in [2.05, 4.69) is 52.3 Å². The predicted molar refractivity (Wildman–Crippen MR) is 235 cm³/mol. The van der Waals surface area contributed by atoms with Gasteiger partial charge in [-0.1, -0.05) is 97.8 Å². The monoisotopic (exact) mass is 859 g/mol. The molecule has 0 aliphatic heterocycles. The lowest BCUT2D eigenvalue weighted by Gasteiger charge is -2.27. The van der Waals surface area contributed by atoms with Crippen molar-refractivity contribution in [3.63, 3.8) is 0 Å². The van der Waals surface area contributed by atoms with Gasteiger partial charge in [-0.3, -0.25) is 33.8 Å². The average molecular weight is 859 g/mol. The summed E-state index contributed by atoms with van der Waals surface area (Å²) >= 11 is 1.43. The van der Waals surface area contributed by atoms with Gasteiger partial charge in [0.05, 0.1) is 12.1 Å². The quantitative estimate of drug-likeness (QED) is 0.0195. The van der Waals surface area contributed by atoms with Gasteiger partial charge in [-0.15, -0.1) is 0 Å². The number of nitrogens with two attached hydrogens (primary N) is 2. The Kier molecular flexibility index (Phi) is 35.9. The first-order valence-corrected chi connectivity index (χ1v) is 22.9. The van der Waals surface area contributed by atoms with Gasteiger partial charge >= 0.3 is 5.97 Å². The summed E-state index contributed by atoms with van der Waals surface area (Å²) in [4.78, 5) is 92.2. The van der Waals surface area contributed by atoms with Gasteiger partial charge in [0, 0.05) is 19.4 Å². The highest BCUT2D eigenvalue weighted by Gasteiger charge is 2.33. The van der Waals surface area contributed by atoms with Crippen LogP contribution in [0.15, 0.2) is 4.99 Å². The molecule has 6 atom stereocenters. The van der Waals surface area contributed by atoms with E-state index < -0.39 is 78.2 Å². The van der Waals surface area contributed by atoms with Crippen molar-refractivity contribution < 1.29 is 43.8 Å². The van der Waals surface area contributed by atoms with E-state index in [1.54, 1.807) is 0 Å². The molecular formula is C41H78N8O9S. The second-order valence-electron chi connectivity index (χ2n) is 14.9. The summed E-state index contributed by atoms with van der Waals surface area (Å²) in [6, 6.07) is -6.06. The van der Waals surface area contributed by atoms with Crippen LogP contribution in [0, 0.1) is 0 Å². The fraction of sp³-hybridized carbons (Fsp3) is 0.805. The number of unbranched alkanes of at least 4 members (excludes halogenated alkanes) is 11. The van der Waals surface area contributed by atoms with Gasteiger partial charge in [0.15, 0.2) is 5.96 Å². The molecule has 11 N–H and O–H groups in total. The van der Waals surface area contributed by atoms with Crippen LogP contribution in [0.3, 0.4) is 0 Å². The second kappa shape index (κ2) is 37.1. The molecule has 0 radical (unpaired) electrons. The van der Waals surface area contributed by atoms with Crippen molar-refractivity contribution in [2.45, 2.75) is 193 Å². The van der Waals surface area contributed by atoms with Crippen LogP contribution >= 0.6 is 11.8 Å². The summed E-state index contributed by atoms with van der Waals surface area (Å²) in [5.74, 6) is -4.61. The maximum atomic E-state index is 13.6. The maximum absolute atomic E-state index is 13.6. The molecule has 59 heavy (non-hydrogen) atoms. The third-order valence-electron chi connectivity index (χ3n) is 9.22. The zero-order chi connectivity index (χ0) is 45.0. The summed E-state index contributed by atoms with van der Waals surface area (Å²) in [6.45, 7) is 9.50. The molecule has 0 saturated heterocycles. The fourth-order valence-corrected chi connectivity index (χ4v) is 6.20. The molecule has 0 saturated carbocycles. The summed E-state index contributed by atoms with van der Waals surface area (Å²) < 4.78 is 0. The lowest BCUT2D eigenvalue weighted by atomic mass is 10.0. The molecule has 0 rings (SSSR count). The Morgan fingerprint density at radius 1 is 0.627 bits per heavy atom. The summed E-state index contributed by atoms with van der Waals surface area (Å²) in [6.07, 6.45) is 16.0. The summed E-state index contributed by atoms with van der Waals surface area (Å²) in [5.41, 5.74) is 10.8. The SMILES string of the molecule is CCCCCCCC.CCCCCCCCCC(=O)N[C@H](C(=O)NC(CCC(=O)O)C(=O)N[C@@H](CCCN=C(N)N)C(=O)NC(CCSC)C(=O)N[C@@H](C)C=O)[C@@H](C)O. The van der Waals surface area contributed by atoms with Crippen LogP contribution in [0.4, 0.5) is 0 Å². The zero-order valence-electron chi connectivity index (χ0n) is 36.7. The molecule has 0 aromatic heterocycles. The average Bonchev–Trinajstić information content (AvgIpc) is 3.19. The number of thioether (sulfide) groups is 1. The van der Waals surface area contributed by atoms with Crippen LogP contribution in [-0.4, -0.2) is 113 Å². The number of aliphatic hydroxyl groups is 1. The largest absolute Gasteiger partial charge is 0.481 e. The Labute approximate surface area is 357 Å². The highest BCUT2D eigenvalue weighted by Crippen LogP contribution is 2.10. The first kappa shape index (κ1) is 57.2. The Hall–Kier alpha value is -3.93. The Bertz CT molecular complexity index is 1230. The topological polar surface area (TPSA) is 285 Å². The molecule has 2 unspecified atom stereocenters. The molecule has 5 amide bonds. The molecule has 0 aliphatic rings. The van der Waals surface area contributed by atoms with Gasteiger partial charge in [-0.25, -0.2) is 0 Å². The van der Waals surface area contributed by atoms with E-state index in [1.807, 2.05) is 6.26 Å². The smallest absolute Gasteiger partial charge is 0.303 e. The van der Waals surface area contributed by atoms with Crippen LogP contribution in [0.5, 0.6) is 0 Å². The molecular weight excluding hydrogens is 781 g/mol. The molecule has 0 fully saturated rings. The minimum atomic E-state index is -1.48. The van der Waals surface area contributed by atoms with Gasteiger partial charge in [0.25, 0.3) is 0 Å². The van der Waals surface area contributed by atoms with Crippen LogP contribution in [-0.2, 0) is 33.6 Å². The fourth-order valence-electron chi connectivity index (χ4n) is 5.73. The molecule has 0 aromatic rings. The number of aliphatic imine (C=N–C) groups is 1. The van der Waals surface area contributed by atoms with E-state index in [0.717, 1.165) is 38.5 Å². The number of carbonyl (C=O) groups is 7. The second-order valence-corrected chi connectivity index (χ2v) is 15.8. The van der Waals surface area contributed by atoms with Crippen molar-refractivity contribution >= 4 is 59.5 Å². The lowest BCUT2D eigenvalue weighted by molar-refractivity contribution is -0.139. The number of hydrogen-bond acceptors (Lipinski definition) is 10. The van der Waals surface area contributed by atoms with E-state index in [4.69, 9.17) is 11.5 Å². The standard InChI is InChI=1S/C33H60N8O9S.C8H18/c1-5-6-7-8-9-10-11-14-26(44)41-28(22(3)43)32(50)40-24(15-16-27(45)46)31(49)38-23(13-12-18-36-33(34)35)30(48)39-25(17-19-51-4)29(47)37-21(2)20-42;1-3-5-7-8-6-4-2/h20-25,28,43H,5-19H2,1-4H3,(H,37,47)(H,38,49)(H,39,48)(H,40,50)(H,41,44)(H,45,46)(H4,34,35,36);3-8H2,1-2H3/t21-,22+,23-,24?,25?,28-;/m0./s1. The zero-order valence-corrected chi connectivity index (χ0v) is 37.5. The van der Waals surface area contributed by atoms with E-state index in [0.29, 0.717) is 18.5 Å². The minimum absolute atomic E-state index is 0.0134. The van der Waals surface area contributed by atoms with Crippen molar-refractivity contribution in [1.29, 1.82) is 0 Å². The third-order valence-corrected chi connectivity index (χ3v) is 9.87. The number of guanidine groups is 1. The van der Waals surface area contributed by atoms with Crippen LogP contribution in [0.1, 0.15) is 157 Å². The number of aldehydes is 1. The normalized spacial score (nSPS) is 13.7. The van der Waals surface area contributed by atoms with Crippen molar-refractivity contribution in [2.75, 3.05) is 18.6 Å². The lowest BCUT2D eigenvalue weighted by Crippen LogP contribution is -2.59. The van der Waals surface area contributed by atoms with E-state index in [-0.39, 0.29) is 44.6 Å². The number of hydrogen-bond donors (Lipinski definition) is 9. The van der Waals surface area contributed by atoms with Gasteiger partial charge in [0.2, 0.25) is 29.5 Å². The molecule has 0 heterocycles. The van der Waals surface area contributed by atoms with Gasteiger partial charge in [0.1, 0.15) is 30.5 Å². The first-order valence-electron chi connectivity index (χ1n) is 21.5. The van der Waals surface area contributed by atoms with Gasteiger partial charge in [-0.05, 0) is 58.0 Å². The Balaban J connectivity index is 0. The van der Waals surface area contributed by atoms with Crippen molar-refractivity contribution in [1.82, 2.24) is 26.6 Å². The molecule has 0 aliphatic carbocycles. The Morgan fingerprint density at radius 2 is 1.08 bits per heavy atom. The van der Waals surface area contributed by atoms with Crippen LogP contribution in [0.2, 0.25) is 0 Å². The maximum Gasteiger partial charge on any atom is 0.303 e. The number of carboxylic acid groups (broad SMARTS) is 1. The summed E-state index contributed by atoms with van der Waals surface area (Å²) in [7, 11) is 0. The first-order chi connectivity index (χ1) is 28.1. The third kappa shape index (κ3) is 31.6. The van der Waals surface area contributed by atoms with E-state index in [9.17, 15) is 43.8 Å². The van der Waals surface area contributed by atoms with Crippen LogP contribution < -0.4 is 38.1 Å². The number of rotatable bonds is 34. The molecule has 0 aromatic carbocycles. The number of carboxylic acids is 1. The van der Waals surface area contributed by atoms with Crippen molar-refractivity contribution in [3.8, 4) is 0 Å². The molecule has 18 heteroatoms. The van der Waals surface area contributed by atoms with Crippen molar-refractivity contribution in [3.05, 3.63) is 0 Å². The predicted octanol–water partition coefficient (Wildman–Crippen LogP) is 3.19. The van der Waals surface area contributed by atoms with E-state index in [1.165, 1.54) is 64.1 Å². The van der Waals surface area contributed by atoms with Crippen molar-refractivity contribution in [2.24, 2.45) is 16.5 Å². The number of aliphatic hydroxyl groups excluding tert-OH is 1. The van der Waals surface area contributed by atoms with Gasteiger partial charge < -0.3 is 53.1 Å². The highest BCUT2D eigenvalue weighted by molar-refractivity contribution is 7.98. The molecule has 0 spiro atoms. The van der Waals surface area contributed by atoms with Gasteiger partial charge in [-0.2, -0.15) is 11.8 Å². The number of amides is 5. The molecule has 17 nitrogen and oxygen atoms in total. The Morgan fingerprint density at radius 3 is 1.54 bits per heavy atom. The minimum Gasteiger partial charge on any atom is -0.481 e. The summed E-state index contributed by atoms with van der Waals surface area (Å²) in [5, 5.41) is 32.2. The number of aliphatic carboxylic acids is 1. The number of carbonyl (C=O) groups excluding carboxylic acids is 6. The van der Waals surface area contributed by atoms with Crippen LogP contribution in [0.25, 0.3) is 0 Å². The highest BCUT2D eigenvalue weighted by atomic mass is 32.2. The number of nitrogens with zero attached hydrogens (tertiary/aromatic N) is 1. The van der Waals surface area contributed by atoms with E-state index >= 15 is 0 Å². The molecule has 0 bridgehead atoms. The number of nitrogens with one attached hydrogen (secondary N) is 5.